The highest BCUT2D eigenvalue weighted by Crippen LogP contribution is 2.34. The average molecular weight is 428 g/mol. The molecule has 0 radical (unpaired) electrons. The Balaban J connectivity index is 1.56. The summed E-state index contributed by atoms with van der Waals surface area (Å²) >= 11 is 0. The highest BCUT2D eigenvalue weighted by molar-refractivity contribution is 6.01. The van der Waals surface area contributed by atoms with E-state index in [0.29, 0.717) is 31.1 Å². The van der Waals surface area contributed by atoms with E-state index in [1.807, 2.05) is 42.5 Å². The van der Waals surface area contributed by atoms with Crippen molar-refractivity contribution >= 4 is 11.9 Å². The molecule has 0 aliphatic carbocycles. The molecule has 0 saturated carbocycles. The third-order valence-corrected chi connectivity index (χ3v) is 5.68. The van der Waals surface area contributed by atoms with Crippen LogP contribution in [0.4, 0.5) is 0 Å². The van der Waals surface area contributed by atoms with Crippen LogP contribution in [0.3, 0.4) is 0 Å². The fourth-order valence-electron chi connectivity index (χ4n) is 4.04. The van der Waals surface area contributed by atoms with Gasteiger partial charge in [-0.2, -0.15) is 0 Å². The quantitative estimate of drug-likeness (QED) is 0.471. The van der Waals surface area contributed by atoms with Gasteiger partial charge in [0.05, 0.1) is 7.11 Å². The second kappa shape index (κ2) is 10.3. The largest absolute Gasteiger partial charge is 0.493 e. The van der Waals surface area contributed by atoms with Crippen molar-refractivity contribution in [3.8, 4) is 11.5 Å². The lowest BCUT2D eigenvalue weighted by molar-refractivity contribution is -0.117. The van der Waals surface area contributed by atoms with E-state index < -0.39 is 0 Å². The van der Waals surface area contributed by atoms with Crippen molar-refractivity contribution in [3.05, 3.63) is 101 Å². The molecule has 4 rings (SSSR count). The summed E-state index contributed by atoms with van der Waals surface area (Å²) < 4.78 is 11.8. The normalized spacial score (nSPS) is 15.7. The Morgan fingerprint density at radius 2 is 1.75 bits per heavy atom. The number of methoxy groups -OCH3 is 1. The molecule has 0 amide bonds. The lowest BCUT2D eigenvalue weighted by Gasteiger charge is -2.28. The molecule has 0 spiro atoms. The third kappa shape index (κ3) is 5.45. The number of para-hydroxylation sites is 1. The Morgan fingerprint density at radius 3 is 2.53 bits per heavy atom. The molecular formula is C28H29NO3. The van der Waals surface area contributed by atoms with Crippen molar-refractivity contribution in [2.45, 2.75) is 26.5 Å². The van der Waals surface area contributed by atoms with E-state index in [0.717, 1.165) is 29.8 Å². The fraction of sp³-hybridized carbons (Fsp3) is 0.250. The molecule has 4 heteroatoms. The van der Waals surface area contributed by atoms with Crippen LogP contribution in [0.15, 0.2) is 78.4 Å². The SMILES string of the molecule is COc1cccc(/C=C2\CN(Cc3ccccc3)CCC2=O)c1OCc1cccc(C)c1. The van der Waals surface area contributed by atoms with Crippen LogP contribution in [0.1, 0.15) is 28.7 Å². The number of nitrogens with zero attached hydrogens (tertiary/aromatic N) is 1. The maximum absolute atomic E-state index is 12.7. The number of carbonyl (C=O) groups is 1. The summed E-state index contributed by atoms with van der Waals surface area (Å²) in [4.78, 5) is 15.0. The minimum atomic E-state index is 0.196. The number of rotatable bonds is 7. The molecule has 164 valence electrons. The van der Waals surface area contributed by atoms with Crippen LogP contribution in [0.5, 0.6) is 11.5 Å². The van der Waals surface area contributed by atoms with Gasteiger partial charge in [0.1, 0.15) is 6.61 Å². The molecule has 32 heavy (non-hydrogen) atoms. The summed E-state index contributed by atoms with van der Waals surface area (Å²) in [6.45, 7) is 4.74. The van der Waals surface area contributed by atoms with Crippen molar-refractivity contribution in [2.24, 2.45) is 0 Å². The van der Waals surface area contributed by atoms with Crippen LogP contribution >= 0.6 is 0 Å². The Morgan fingerprint density at radius 1 is 0.969 bits per heavy atom. The van der Waals surface area contributed by atoms with Gasteiger partial charge in [-0.15, -0.1) is 0 Å². The number of ketones is 1. The zero-order chi connectivity index (χ0) is 22.3. The smallest absolute Gasteiger partial charge is 0.168 e. The summed E-state index contributed by atoms with van der Waals surface area (Å²) in [6.07, 6.45) is 2.50. The third-order valence-electron chi connectivity index (χ3n) is 5.68. The maximum Gasteiger partial charge on any atom is 0.168 e. The zero-order valence-corrected chi connectivity index (χ0v) is 18.7. The van der Waals surface area contributed by atoms with E-state index in [4.69, 9.17) is 9.47 Å². The standard InChI is InChI=1S/C28H29NO3/c1-21-8-6-11-23(16-21)20-32-28-24(12-7-13-27(28)31-2)17-25-19-29(15-14-26(25)30)18-22-9-4-3-5-10-22/h3-13,16-17H,14-15,18-20H2,1-2H3/b25-17+. The van der Waals surface area contributed by atoms with Crippen LogP contribution in [-0.4, -0.2) is 30.9 Å². The topological polar surface area (TPSA) is 38.8 Å². The first-order chi connectivity index (χ1) is 15.6. The molecule has 0 aromatic heterocycles. The Hall–Kier alpha value is -3.37. The number of aryl methyl sites for hydroxylation is 1. The molecule has 1 heterocycles. The number of benzene rings is 3. The first-order valence-corrected chi connectivity index (χ1v) is 11.0. The van der Waals surface area contributed by atoms with Gasteiger partial charge in [0.25, 0.3) is 0 Å². The van der Waals surface area contributed by atoms with Crippen molar-refractivity contribution in [2.75, 3.05) is 20.2 Å². The van der Waals surface area contributed by atoms with Crippen LogP contribution in [0, 0.1) is 6.92 Å². The Bertz CT molecular complexity index is 1100. The number of piperidine rings is 1. The van der Waals surface area contributed by atoms with E-state index in [9.17, 15) is 4.79 Å². The van der Waals surface area contributed by atoms with Crippen molar-refractivity contribution in [3.63, 3.8) is 0 Å². The van der Waals surface area contributed by atoms with Crippen LogP contribution in [0.2, 0.25) is 0 Å². The van der Waals surface area contributed by atoms with E-state index in [1.165, 1.54) is 11.1 Å². The van der Waals surface area contributed by atoms with Gasteiger partial charge in [0, 0.05) is 37.2 Å². The molecule has 1 aliphatic heterocycles. The molecule has 1 aliphatic rings. The molecule has 0 atom stereocenters. The van der Waals surface area contributed by atoms with Crippen LogP contribution < -0.4 is 9.47 Å². The van der Waals surface area contributed by atoms with Gasteiger partial charge >= 0.3 is 0 Å². The number of carbonyl (C=O) groups excluding carboxylic acids is 1. The summed E-state index contributed by atoms with van der Waals surface area (Å²) in [7, 11) is 1.64. The highest BCUT2D eigenvalue weighted by Gasteiger charge is 2.22. The van der Waals surface area contributed by atoms with Crippen LogP contribution in [-0.2, 0) is 17.9 Å². The first-order valence-electron chi connectivity index (χ1n) is 11.0. The molecule has 3 aromatic rings. The molecule has 0 unspecified atom stereocenters. The molecular weight excluding hydrogens is 398 g/mol. The number of ether oxygens (including phenoxy) is 2. The minimum Gasteiger partial charge on any atom is -0.493 e. The number of likely N-dealkylation sites (tertiary alicyclic amines) is 1. The van der Waals surface area contributed by atoms with Crippen LogP contribution in [0.25, 0.3) is 6.08 Å². The van der Waals surface area contributed by atoms with E-state index in [-0.39, 0.29) is 5.78 Å². The second-order valence-electron chi connectivity index (χ2n) is 8.20. The lowest BCUT2D eigenvalue weighted by atomic mass is 9.99. The first kappa shape index (κ1) is 21.8. The molecule has 3 aromatic carbocycles. The average Bonchev–Trinajstić information content (AvgIpc) is 2.81. The minimum absolute atomic E-state index is 0.196. The maximum atomic E-state index is 12.7. The number of hydrogen-bond acceptors (Lipinski definition) is 4. The van der Waals surface area contributed by atoms with Gasteiger partial charge in [0.2, 0.25) is 0 Å². The Labute approximate surface area is 190 Å². The highest BCUT2D eigenvalue weighted by atomic mass is 16.5. The molecule has 0 N–H and O–H groups in total. The molecule has 4 nitrogen and oxygen atoms in total. The predicted octanol–water partition coefficient (Wildman–Crippen LogP) is 5.44. The van der Waals surface area contributed by atoms with Gasteiger partial charge in [-0.25, -0.2) is 0 Å². The zero-order valence-electron chi connectivity index (χ0n) is 18.7. The van der Waals surface area contributed by atoms with Crippen molar-refractivity contribution in [1.29, 1.82) is 0 Å². The summed E-state index contributed by atoms with van der Waals surface area (Å²) in [5.41, 5.74) is 5.21. The number of Topliss-reactive ketones (excluding diaryl/α,β-unsaturated/α-hetero) is 1. The van der Waals surface area contributed by atoms with Crippen molar-refractivity contribution < 1.29 is 14.3 Å². The lowest BCUT2D eigenvalue weighted by Crippen LogP contribution is -2.35. The fourth-order valence-corrected chi connectivity index (χ4v) is 4.04. The van der Waals surface area contributed by atoms with Gasteiger partial charge < -0.3 is 9.47 Å². The Kier molecular flexibility index (Phi) is 7.03. The number of hydrogen-bond donors (Lipinski definition) is 0. The molecule has 1 saturated heterocycles. The van der Waals surface area contributed by atoms with Gasteiger partial charge in [-0.05, 0) is 30.2 Å². The molecule has 1 fully saturated rings. The summed E-state index contributed by atoms with van der Waals surface area (Å²) in [5, 5.41) is 0. The summed E-state index contributed by atoms with van der Waals surface area (Å²) in [5.74, 6) is 1.52. The summed E-state index contributed by atoms with van der Waals surface area (Å²) in [6, 6.07) is 24.4. The second-order valence-corrected chi connectivity index (χ2v) is 8.20. The monoisotopic (exact) mass is 427 g/mol. The van der Waals surface area contributed by atoms with E-state index in [2.05, 4.69) is 48.2 Å². The van der Waals surface area contributed by atoms with E-state index in [1.54, 1.807) is 7.11 Å². The predicted molar refractivity (Wildman–Crippen MR) is 128 cm³/mol. The van der Waals surface area contributed by atoms with E-state index >= 15 is 0 Å². The molecule has 0 bridgehead atoms. The van der Waals surface area contributed by atoms with Gasteiger partial charge in [0.15, 0.2) is 17.3 Å². The van der Waals surface area contributed by atoms with Gasteiger partial charge in [-0.3, -0.25) is 9.69 Å². The van der Waals surface area contributed by atoms with Gasteiger partial charge in [-0.1, -0.05) is 72.3 Å². The van der Waals surface area contributed by atoms with Crippen molar-refractivity contribution in [1.82, 2.24) is 4.90 Å².